The van der Waals surface area contributed by atoms with Crippen LogP contribution >= 0.6 is 22.9 Å². The van der Waals surface area contributed by atoms with E-state index in [1.54, 1.807) is 29.5 Å². The number of carboxylic acids is 1. The number of halogens is 1. The second-order valence-electron chi connectivity index (χ2n) is 9.54. The molecule has 0 radical (unpaired) electrons. The van der Waals surface area contributed by atoms with Gasteiger partial charge in [0.05, 0.1) is 11.2 Å². The number of hydrogen-bond donors (Lipinski definition) is 2. The summed E-state index contributed by atoms with van der Waals surface area (Å²) < 4.78 is 0. The average molecular weight is 530 g/mol. The number of hydrogen-bond acceptors (Lipinski definition) is 5. The molecule has 3 rings (SSSR count). The number of thiazole rings is 1. The van der Waals surface area contributed by atoms with Gasteiger partial charge in [-0.1, -0.05) is 81.7 Å². The van der Waals surface area contributed by atoms with Crippen molar-refractivity contribution >= 4 is 28.9 Å². The van der Waals surface area contributed by atoms with Gasteiger partial charge in [0.2, 0.25) is 0 Å². The monoisotopic (exact) mass is 529 g/mol. The molecule has 196 valence electrons. The zero-order valence-corrected chi connectivity index (χ0v) is 23.6. The molecule has 0 aliphatic heterocycles. The molecule has 0 saturated carbocycles. The number of pyridine rings is 1. The highest BCUT2D eigenvalue weighted by atomic mass is 35.5. The van der Waals surface area contributed by atoms with Crippen LogP contribution < -0.4 is 5.32 Å². The Morgan fingerprint density at radius 2 is 1.75 bits per heavy atom. The molecule has 0 saturated heterocycles. The molecular formula is C29H40ClN3O2S. The number of nitrogens with zero attached hydrogens (tertiary/aromatic N) is 2. The fourth-order valence-corrected chi connectivity index (χ4v) is 4.77. The standard InChI is InChI=1S/C16H30N2S.C13H10ClNO2/c1-4-5-6-7-8-9-10-11-12-18-16(2,3)15-17-13-14-19-15;1-8-5-6-11(13(16)17)15-12(8)9-3-2-4-10(14)7-9/h13-14,18H,4-12H2,1-3H3;2-7H,1H3,(H,16,17). The second kappa shape index (κ2) is 15.7. The van der Waals surface area contributed by atoms with E-state index in [9.17, 15) is 4.79 Å². The molecule has 3 aromatic rings. The van der Waals surface area contributed by atoms with Crippen LogP contribution in [0.1, 0.15) is 93.2 Å². The van der Waals surface area contributed by atoms with Crippen molar-refractivity contribution in [1.29, 1.82) is 0 Å². The van der Waals surface area contributed by atoms with Crippen LogP contribution in [0.25, 0.3) is 11.3 Å². The van der Waals surface area contributed by atoms with E-state index in [-0.39, 0.29) is 11.2 Å². The molecule has 0 amide bonds. The lowest BCUT2D eigenvalue weighted by atomic mass is 10.1. The highest BCUT2D eigenvalue weighted by molar-refractivity contribution is 7.09. The zero-order valence-electron chi connectivity index (χ0n) is 22.0. The van der Waals surface area contributed by atoms with Gasteiger partial charge in [0.15, 0.2) is 0 Å². The first kappa shape index (κ1) is 29.9. The van der Waals surface area contributed by atoms with Gasteiger partial charge in [-0.2, -0.15) is 0 Å². The molecule has 5 nitrogen and oxygen atoms in total. The van der Waals surface area contributed by atoms with E-state index in [1.165, 1.54) is 62.4 Å². The maximum absolute atomic E-state index is 10.9. The minimum absolute atomic E-state index is 0.0231. The molecule has 36 heavy (non-hydrogen) atoms. The number of carbonyl (C=O) groups is 1. The lowest BCUT2D eigenvalue weighted by Crippen LogP contribution is -2.37. The highest BCUT2D eigenvalue weighted by Crippen LogP contribution is 2.24. The van der Waals surface area contributed by atoms with Crippen molar-refractivity contribution in [2.45, 2.75) is 84.6 Å². The molecule has 2 N–H and O–H groups in total. The van der Waals surface area contributed by atoms with Gasteiger partial charge in [-0.25, -0.2) is 14.8 Å². The van der Waals surface area contributed by atoms with E-state index in [4.69, 9.17) is 16.7 Å². The highest BCUT2D eigenvalue weighted by Gasteiger charge is 2.21. The molecule has 7 heteroatoms. The van der Waals surface area contributed by atoms with Gasteiger partial charge in [0.1, 0.15) is 10.7 Å². The molecule has 2 aromatic heterocycles. The zero-order chi connectivity index (χ0) is 26.4. The van der Waals surface area contributed by atoms with Crippen molar-refractivity contribution in [2.24, 2.45) is 0 Å². The Bertz CT molecular complexity index is 1050. The predicted octanol–water partition coefficient (Wildman–Crippen LogP) is 8.52. The summed E-state index contributed by atoms with van der Waals surface area (Å²) in [7, 11) is 0. The normalized spacial score (nSPS) is 11.1. The number of unbranched alkanes of at least 4 members (excludes halogenated alkanes) is 7. The minimum Gasteiger partial charge on any atom is -0.477 e. The Balaban J connectivity index is 0.000000255. The Morgan fingerprint density at radius 3 is 2.36 bits per heavy atom. The fourth-order valence-electron chi connectivity index (χ4n) is 3.84. The van der Waals surface area contributed by atoms with Crippen molar-refractivity contribution in [1.82, 2.24) is 15.3 Å². The van der Waals surface area contributed by atoms with Crippen LogP contribution in [-0.4, -0.2) is 27.6 Å². The molecule has 0 aliphatic carbocycles. The molecule has 2 heterocycles. The lowest BCUT2D eigenvalue weighted by molar-refractivity contribution is 0.0690. The van der Waals surface area contributed by atoms with Crippen molar-refractivity contribution in [3.63, 3.8) is 0 Å². The Hall–Kier alpha value is -2.28. The predicted molar refractivity (Wildman–Crippen MR) is 152 cm³/mol. The Labute approximate surface area is 225 Å². The summed E-state index contributed by atoms with van der Waals surface area (Å²) in [6.07, 6.45) is 12.9. The summed E-state index contributed by atoms with van der Waals surface area (Å²) in [6, 6.07) is 10.4. The van der Waals surface area contributed by atoms with E-state index in [0.717, 1.165) is 17.7 Å². The minimum atomic E-state index is -1.03. The van der Waals surface area contributed by atoms with Gasteiger partial charge >= 0.3 is 5.97 Å². The first-order valence-corrected chi connectivity index (χ1v) is 14.1. The van der Waals surface area contributed by atoms with Gasteiger partial charge in [0.25, 0.3) is 0 Å². The molecule has 0 unspecified atom stereocenters. The van der Waals surface area contributed by atoms with Crippen molar-refractivity contribution < 1.29 is 9.90 Å². The van der Waals surface area contributed by atoms with Gasteiger partial charge in [0, 0.05) is 22.2 Å². The summed E-state index contributed by atoms with van der Waals surface area (Å²) in [5.41, 5.74) is 2.43. The van der Waals surface area contributed by atoms with E-state index in [2.05, 4.69) is 41.4 Å². The van der Waals surface area contributed by atoms with Crippen molar-refractivity contribution in [3.05, 3.63) is 69.3 Å². The number of rotatable bonds is 13. The van der Waals surface area contributed by atoms with Gasteiger partial charge in [-0.05, 0) is 57.5 Å². The summed E-state index contributed by atoms with van der Waals surface area (Å²) in [5.74, 6) is -1.03. The molecule has 0 bridgehead atoms. The van der Waals surface area contributed by atoms with Gasteiger partial charge in [-0.3, -0.25) is 0 Å². The first-order valence-electron chi connectivity index (χ1n) is 12.9. The lowest BCUT2D eigenvalue weighted by Gasteiger charge is -2.23. The third-order valence-corrected chi connectivity index (χ3v) is 7.31. The van der Waals surface area contributed by atoms with Crippen LogP contribution in [0, 0.1) is 6.92 Å². The molecule has 0 fully saturated rings. The summed E-state index contributed by atoms with van der Waals surface area (Å²) in [4.78, 5) is 19.4. The van der Waals surface area contributed by atoms with Crippen LogP contribution in [0.2, 0.25) is 5.02 Å². The number of benzene rings is 1. The molecule has 1 aromatic carbocycles. The summed E-state index contributed by atoms with van der Waals surface area (Å²) in [5, 5.41) is 16.4. The number of carboxylic acid groups (broad SMARTS) is 1. The van der Waals surface area contributed by atoms with Crippen LogP contribution in [0.4, 0.5) is 0 Å². The first-order chi connectivity index (χ1) is 17.2. The number of aromatic carboxylic acids is 1. The van der Waals surface area contributed by atoms with Crippen LogP contribution in [0.15, 0.2) is 48.0 Å². The van der Waals surface area contributed by atoms with Crippen molar-refractivity contribution in [2.75, 3.05) is 6.54 Å². The Kier molecular flexibility index (Phi) is 13.1. The molecule has 0 spiro atoms. The van der Waals surface area contributed by atoms with E-state index < -0.39 is 5.97 Å². The Morgan fingerprint density at radius 1 is 1.06 bits per heavy atom. The second-order valence-corrected chi connectivity index (χ2v) is 10.9. The quantitative estimate of drug-likeness (QED) is 0.217. The molecular weight excluding hydrogens is 490 g/mol. The number of aromatic nitrogens is 2. The number of nitrogens with one attached hydrogen (secondary N) is 1. The van der Waals surface area contributed by atoms with Gasteiger partial charge < -0.3 is 10.4 Å². The molecule has 0 atom stereocenters. The fraction of sp³-hybridized carbons (Fsp3) is 0.483. The van der Waals surface area contributed by atoms with E-state index >= 15 is 0 Å². The maximum Gasteiger partial charge on any atom is 0.354 e. The topological polar surface area (TPSA) is 75.1 Å². The SMILES string of the molecule is CCCCCCCCCCNC(C)(C)c1nccs1.Cc1ccc(C(=O)O)nc1-c1cccc(Cl)c1. The summed E-state index contributed by atoms with van der Waals surface area (Å²) in [6.45, 7) is 9.69. The van der Waals surface area contributed by atoms with Gasteiger partial charge in [-0.15, -0.1) is 11.3 Å². The average Bonchev–Trinajstić information content (AvgIpc) is 3.40. The van der Waals surface area contributed by atoms with Crippen molar-refractivity contribution in [3.8, 4) is 11.3 Å². The summed E-state index contributed by atoms with van der Waals surface area (Å²) >= 11 is 7.64. The third-order valence-electron chi connectivity index (χ3n) is 5.98. The third kappa shape index (κ3) is 10.4. The van der Waals surface area contributed by atoms with Crippen LogP contribution in [0.5, 0.6) is 0 Å². The largest absolute Gasteiger partial charge is 0.477 e. The maximum atomic E-state index is 10.9. The van der Waals surface area contributed by atoms with Crippen LogP contribution in [0.3, 0.4) is 0 Å². The molecule has 0 aliphatic rings. The number of aryl methyl sites for hydroxylation is 1. The van der Waals surface area contributed by atoms with Crippen LogP contribution in [-0.2, 0) is 5.54 Å². The van der Waals surface area contributed by atoms with E-state index in [0.29, 0.717) is 10.7 Å². The van der Waals surface area contributed by atoms with E-state index in [1.807, 2.05) is 25.3 Å². The smallest absolute Gasteiger partial charge is 0.354 e.